The third-order valence-corrected chi connectivity index (χ3v) is 7.44. The number of carbonyl (C=O) groups excluding carboxylic acids is 1. The standard InChI is InChI=1S/C16H13BrCl2N4OS3/c1-25-15-12(16(26-2)27-22-15)14(24)20-13-10(17)7-23(21-13)6-8-3-4-9(18)5-11(8)19/h3-5,7H,6H2,1-2H3,(H,20,21,24). The number of benzene rings is 1. The van der Waals surface area contributed by atoms with Crippen LogP contribution in [0.25, 0.3) is 0 Å². The van der Waals surface area contributed by atoms with Crippen molar-refractivity contribution in [2.24, 2.45) is 0 Å². The molecule has 0 saturated heterocycles. The third kappa shape index (κ3) is 4.83. The minimum absolute atomic E-state index is 0.229. The molecule has 0 saturated carbocycles. The summed E-state index contributed by atoms with van der Waals surface area (Å²) in [6.07, 6.45) is 5.61. The highest BCUT2D eigenvalue weighted by Gasteiger charge is 2.22. The van der Waals surface area contributed by atoms with Crippen LogP contribution in [0.4, 0.5) is 5.82 Å². The third-order valence-electron chi connectivity index (χ3n) is 3.53. The molecular weight excluding hydrogens is 511 g/mol. The maximum atomic E-state index is 12.8. The number of halogens is 3. The van der Waals surface area contributed by atoms with Crippen LogP contribution in [0.3, 0.4) is 0 Å². The van der Waals surface area contributed by atoms with E-state index in [2.05, 4.69) is 30.7 Å². The smallest absolute Gasteiger partial charge is 0.261 e. The molecule has 11 heteroatoms. The van der Waals surface area contributed by atoms with Crippen LogP contribution in [0.5, 0.6) is 0 Å². The summed E-state index contributed by atoms with van der Waals surface area (Å²) in [5.41, 5.74) is 1.47. The van der Waals surface area contributed by atoms with E-state index in [0.717, 1.165) is 9.77 Å². The highest BCUT2D eigenvalue weighted by Crippen LogP contribution is 2.33. The molecule has 1 N–H and O–H groups in total. The first-order valence-corrected chi connectivity index (χ1v) is 12.3. The average molecular weight is 524 g/mol. The van der Waals surface area contributed by atoms with Crippen LogP contribution in [0, 0.1) is 0 Å². The molecule has 0 radical (unpaired) electrons. The number of rotatable bonds is 6. The second-order valence-corrected chi connectivity index (χ2v) is 9.61. The van der Waals surface area contributed by atoms with E-state index in [1.807, 2.05) is 18.6 Å². The maximum absolute atomic E-state index is 12.8. The highest BCUT2D eigenvalue weighted by molar-refractivity contribution is 9.10. The lowest BCUT2D eigenvalue weighted by molar-refractivity contribution is 0.102. The van der Waals surface area contributed by atoms with Crippen LogP contribution in [0.15, 0.2) is 38.1 Å². The van der Waals surface area contributed by atoms with E-state index in [0.29, 0.717) is 37.5 Å². The van der Waals surface area contributed by atoms with Gasteiger partial charge in [-0.15, -0.1) is 23.5 Å². The van der Waals surface area contributed by atoms with Gasteiger partial charge in [0.1, 0.15) is 5.03 Å². The van der Waals surface area contributed by atoms with E-state index >= 15 is 0 Å². The first-order chi connectivity index (χ1) is 12.9. The normalized spacial score (nSPS) is 11.0. The van der Waals surface area contributed by atoms with Gasteiger partial charge >= 0.3 is 0 Å². The molecule has 0 atom stereocenters. The van der Waals surface area contributed by atoms with Crippen molar-refractivity contribution in [3.63, 3.8) is 0 Å². The SMILES string of the molecule is CSc1nsc(SC)c1C(=O)Nc1nn(Cc2ccc(Cl)cc2Cl)cc1Br. The molecule has 2 aromatic heterocycles. The molecule has 5 nitrogen and oxygen atoms in total. The molecule has 3 aromatic rings. The fraction of sp³-hybridized carbons (Fsp3) is 0.188. The molecule has 27 heavy (non-hydrogen) atoms. The Morgan fingerprint density at radius 3 is 2.78 bits per heavy atom. The lowest BCUT2D eigenvalue weighted by Crippen LogP contribution is -2.14. The van der Waals surface area contributed by atoms with Crippen molar-refractivity contribution in [2.45, 2.75) is 15.8 Å². The van der Waals surface area contributed by atoms with Crippen molar-refractivity contribution in [3.8, 4) is 0 Å². The summed E-state index contributed by atoms with van der Waals surface area (Å²) in [6.45, 7) is 0.455. The Morgan fingerprint density at radius 1 is 1.33 bits per heavy atom. The Hall–Kier alpha value is -0.710. The first-order valence-electron chi connectivity index (χ1n) is 7.48. The van der Waals surface area contributed by atoms with Gasteiger partial charge in [-0.2, -0.15) is 9.47 Å². The second-order valence-electron chi connectivity index (χ2n) is 5.27. The molecule has 0 aliphatic carbocycles. The Bertz CT molecular complexity index is 971. The number of carbonyl (C=O) groups is 1. The summed E-state index contributed by atoms with van der Waals surface area (Å²) in [6, 6.07) is 5.32. The molecule has 0 bridgehead atoms. The van der Waals surface area contributed by atoms with E-state index in [4.69, 9.17) is 23.2 Å². The van der Waals surface area contributed by atoms with Crippen molar-refractivity contribution < 1.29 is 4.79 Å². The zero-order valence-corrected chi connectivity index (χ0v) is 19.7. The van der Waals surface area contributed by atoms with Crippen molar-refractivity contribution in [1.29, 1.82) is 0 Å². The van der Waals surface area contributed by atoms with Crippen LogP contribution >= 0.6 is 74.2 Å². The van der Waals surface area contributed by atoms with Crippen LogP contribution in [0.1, 0.15) is 15.9 Å². The van der Waals surface area contributed by atoms with Crippen molar-refractivity contribution in [1.82, 2.24) is 14.2 Å². The van der Waals surface area contributed by atoms with E-state index < -0.39 is 0 Å². The Labute approximate surface area is 187 Å². The zero-order valence-electron chi connectivity index (χ0n) is 14.1. The van der Waals surface area contributed by atoms with Gasteiger partial charge in [-0.3, -0.25) is 9.48 Å². The minimum atomic E-state index is -0.229. The zero-order chi connectivity index (χ0) is 19.6. The van der Waals surface area contributed by atoms with E-state index in [-0.39, 0.29) is 5.91 Å². The van der Waals surface area contributed by atoms with Crippen LogP contribution in [0.2, 0.25) is 10.0 Å². The average Bonchev–Trinajstić information content (AvgIpc) is 3.20. The van der Waals surface area contributed by atoms with Crippen LogP contribution in [-0.4, -0.2) is 32.6 Å². The number of aromatic nitrogens is 3. The summed E-state index contributed by atoms with van der Waals surface area (Å²) < 4.78 is 7.59. The molecule has 0 fully saturated rings. The van der Waals surface area contributed by atoms with Gasteiger partial charge < -0.3 is 5.32 Å². The summed E-state index contributed by atoms with van der Waals surface area (Å²) in [5, 5.41) is 9.17. The van der Waals surface area contributed by atoms with E-state index in [1.165, 1.54) is 35.1 Å². The Morgan fingerprint density at radius 2 is 2.11 bits per heavy atom. The van der Waals surface area contributed by atoms with Gasteiger partial charge in [0.15, 0.2) is 5.82 Å². The molecular formula is C16H13BrCl2N4OS3. The van der Waals surface area contributed by atoms with E-state index in [9.17, 15) is 4.79 Å². The predicted octanol–water partition coefficient (Wildman–Crippen LogP) is 6.15. The van der Waals surface area contributed by atoms with Gasteiger partial charge in [0, 0.05) is 16.2 Å². The first kappa shape index (κ1) is 21.0. The molecule has 3 rings (SSSR count). The highest BCUT2D eigenvalue weighted by atomic mass is 79.9. The monoisotopic (exact) mass is 522 g/mol. The fourth-order valence-electron chi connectivity index (χ4n) is 2.29. The number of nitrogens with zero attached hydrogens (tertiary/aromatic N) is 3. The topological polar surface area (TPSA) is 59.8 Å². The number of hydrogen-bond acceptors (Lipinski definition) is 6. The van der Waals surface area contributed by atoms with Gasteiger partial charge in [0.25, 0.3) is 5.91 Å². The van der Waals surface area contributed by atoms with Crippen molar-refractivity contribution in [2.75, 3.05) is 17.8 Å². The number of anilines is 1. The van der Waals surface area contributed by atoms with Crippen molar-refractivity contribution in [3.05, 3.63) is 50.0 Å². The molecule has 0 aliphatic rings. The summed E-state index contributed by atoms with van der Waals surface area (Å²) >= 11 is 19.9. The van der Waals surface area contributed by atoms with Gasteiger partial charge in [0.2, 0.25) is 0 Å². The quantitative estimate of drug-likeness (QED) is 0.392. The number of nitrogens with one attached hydrogen (secondary N) is 1. The summed E-state index contributed by atoms with van der Waals surface area (Å²) in [7, 11) is 0. The lowest BCUT2D eigenvalue weighted by atomic mass is 10.2. The molecule has 0 unspecified atom stereocenters. The molecule has 1 amide bonds. The number of amides is 1. The second kappa shape index (κ2) is 9.19. The number of thioether (sulfide) groups is 2. The van der Waals surface area contributed by atoms with Crippen LogP contribution < -0.4 is 5.32 Å². The fourth-order valence-corrected chi connectivity index (χ4v) is 5.45. The lowest BCUT2D eigenvalue weighted by Gasteiger charge is -2.06. The Balaban J connectivity index is 1.81. The van der Waals surface area contributed by atoms with Crippen LogP contribution in [-0.2, 0) is 6.54 Å². The summed E-state index contributed by atoms with van der Waals surface area (Å²) in [5.74, 6) is 0.211. The van der Waals surface area contributed by atoms with Gasteiger partial charge in [0.05, 0.1) is 20.8 Å². The van der Waals surface area contributed by atoms with Gasteiger partial charge in [-0.05, 0) is 57.7 Å². The molecule has 0 aliphatic heterocycles. The minimum Gasteiger partial charge on any atom is -0.304 e. The molecule has 1 aromatic carbocycles. The maximum Gasteiger partial charge on any atom is 0.261 e. The van der Waals surface area contributed by atoms with Crippen molar-refractivity contribution >= 4 is 85.9 Å². The Kier molecular flexibility index (Phi) is 7.15. The number of hydrogen-bond donors (Lipinski definition) is 1. The van der Waals surface area contributed by atoms with Gasteiger partial charge in [-0.25, -0.2) is 0 Å². The largest absolute Gasteiger partial charge is 0.304 e. The molecule has 2 heterocycles. The molecule has 0 spiro atoms. The molecule has 142 valence electrons. The predicted molar refractivity (Wildman–Crippen MR) is 119 cm³/mol. The summed E-state index contributed by atoms with van der Waals surface area (Å²) in [4.78, 5) is 12.8. The van der Waals surface area contributed by atoms with Gasteiger partial charge in [-0.1, -0.05) is 29.3 Å². The van der Waals surface area contributed by atoms with E-state index in [1.54, 1.807) is 23.0 Å².